The zero-order chi connectivity index (χ0) is 15.8. The van der Waals surface area contributed by atoms with E-state index in [0.717, 1.165) is 36.8 Å². The summed E-state index contributed by atoms with van der Waals surface area (Å²) in [7, 11) is 0. The molecular formula is C18H23ClN2O2. The number of hydrogen-bond donors (Lipinski definition) is 2. The van der Waals surface area contributed by atoms with E-state index in [1.165, 1.54) is 18.4 Å². The van der Waals surface area contributed by atoms with Gasteiger partial charge in [-0.1, -0.05) is 23.7 Å². The van der Waals surface area contributed by atoms with Crippen molar-refractivity contribution in [3.8, 4) is 0 Å². The Morgan fingerprint density at radius 1 is 1.17 bits per heavy atom. The van der Waals surface area contributed by atoms with Gasteiger partial charge in [0, 0.05) is 29.6 Å². The minimum absolute atomic E-state index is 0.0408. The van der Waals surface area contributed by atoms with Crippen LogP contribution in [0.15, 0.2) is 24.3 Å². The van der Waals surface area contributed by atoms with Gasteiger partial charge in [0.1, 0.15) is 0 Å². The summed E-state index contributed by atoms with van der Waals surface area (Å²) in [6.45, 7) is 0.765. The van der Waals surface area contributed by atoms with E-state index >= 15 is 0 Å². The molecule has 1 aliphatic heterocycles. The molecular weight excluding hydrogens is 312 g/mol. The summed E-state index contributed by atoms with van der Waals surface area (Å²) in [6, 6.07) is 8.35. The molecule has 4 nitrogen and oxygen atoms in total. The van der Waals surface area contributed by atoms with Crippen molar-refractivity contribution in [1.82, 2.24) is 10.6 Å². The van der Waals surface area contributed by atoms with Crippen LogP contribution in [-0.2, 0) is 4.74 Å². The van der Waals surface area contributed by atoms with Crippen LogP contribution in [0.4, 0.5) is 4.79 Å². The molecule has 2 aliphatic carbocycles. The van der Waals surface area contributed by atoms with Gasteiger partial charge in [-0.3, -0.25) is 0 Å². The maximum atomic E-state index is 12.2. The summed E-state index contributed by atoms with van der Waals surface area (Å²) < 4.78 is 5.81. The Balaban J connectivity index is 1.24. The third kappa shape index (κ3) is 3.81. The highest BCUT2D eigenvalue weighted by Gasteiger charge is 2.40. The van der Waals surface area contributed by atoms with Gasteiger partial charge in [-0.2, -0.15) is 0 Å². The van der Waals surface area contributed by atoms with Crippen LogP contribution in [0.3, 0.4) is 0 Å². The van der Waals surface area contributed by atoms with Crippen LogP contribution in [0.2, 0.25) is 5.02 Å². The second-order valence-corrected chi connectivity index (χ2v) is 7.53. The predicted molar refractivity (Wildman–Crippen MR) is 89.8 cm³/mol. The van der Waals surface area contributed by atoms with Crippen LogP contribution in [0.1, 0.15) is 43.6 Å². The highest BCUT2D eigenvalue weighted by Crippen LogP contribution is 2.41. The third-order valence-corrected chi connectivity index (χ3v) is 5.42. The van der Waals surface area contributed by atoms with Crippen molar-refractivity contribution in [3.63, 3.8) is 0 Å². The number of hydrogen-bond acceptors (Lipinski definition) is 2. The summed E-state index contributed by atoms with van der Waals surface area (Å²) in [5, 5.41) is 6.98. The first-order chi connectivity index (χ1) is 11.2. The van der Waals surface area contributed by atoms with E-state index in [-0.39, 0.29) is 18.1 Å². The van der Waals surface area contributed by atoms with Gasteiger partial charge in [0.05, 0.1) is 6.10 Å². The molecule has 1 aromatic rings. The molecule has 1 saturated heterocycles. The van der Waals surface area contributed by atoms with Crippen molar-refractivity contribution in [2.45, 2.75) is 56.2 Å². The van der Waals surface area contributed by atoms with Gasteiger partial charge in [0.15, 0.2) is 0 Å². The van der Waals surface area contributed by atoms with Gasteiger partial charge in [0.2, 0.25) is 0 Å². The second-order valence-electron chi connectivity index (χ2n) is 7.09. The van der Waals surface area contributed by atoms with Gasteiger partial charge in [-0.15, -0.1) is 0 Å². The van der Waals surface area contributed by atoms with Crippen LogP contribution < -0.4 is 10.6 Å². The highest BCUT2D eigenvalue weighted by atomic mass is 35.5. The van der Waals surface area contributed by atoms with E-state index in [2.05, 4.69) is 16.7 Å². The summed E-state index contributed by atoms with van der Waals surface area (Å²) in [5.74, 6) is 1.13. The maximum absolute atomic E-state index is 12.2. The first-order valence-corrected chi connectivity index (χ1v) is 9.01. The number of benzene rings is 1. The molecule has 0 aromatic heterocycles. The lowest BCUT2D eigenvalue weighted by Gasteiger charge is -2.30. The Bertz CT molecular complexity index is 590. The van der Waals surface area contributed by atoms with Crippen molar-refractivity contribution in [1.29, 1.82) is 0 Å². The predicted octanol–water partition coefficient (Wildman–Crippen LogP) is 3.45. The number of carbonyl (C=O) groups is 1. The minimum Gasteiger partial charge on any atom is -0.378 e. The van der Waals surface area contributed by atoms with E-state index < -0.39 is 0 Å². The van der Waals surface area contributed by atoms with E-state index in [9.17, 15) is 4.79 Å². The number of urea groups is 1. The third-order valence-electron chi connectivity index (χ3n) is 5.18. The fourth-order valence-corrected chi connectivity index (χ4v) is 3.81. The molecule has 1 aromatic carbocycles. The topological polar surface area (TPSA) is 50.4 Å². The Labute approximate surface area is 141 Å². The fraction of sp³-hybridized carbons (Fsp3) is 0.611. The highest BCUT2D eigenvalue weighted by molar-refractivity contribution is 6.30. The van der Waals surface area contributed by atoms with Crippen molar-refractivity contribution in [2.24, 2.45) is 5.92 Å². The van der Waals surface area contributed by atoms with Crippen LogP contribution in [-0.4, -0.2) is 30.8 Å². The molecule has 1 heterocycles. The lowest BCUT2D eigenvalue weighted by Crippen LogP contribution is -2.47. The average molecular weight is 335 g/mol. The van der Waals surface area contributed by atoms with E-state index in [1.54, 1.807) is 0 Å². The molecule has 0 spiro atoms. The molecule has 4 rings (SSSR count). The van der Waals surface area contributed by atoms with Crippen LogP contribution in [0, 0.1) is 5.92 Å². The summed E-state index contributed by atoms with van der Waals surface area (Å²) in [4.78, 5) is 12.2. The van der Waals surface area contributed by atoms with Crippen LogP contribution in [0.25, 0.3) is 0 Å². The molecule has 2 amide bonds. The Morgan fingerprint density at radius 3 is 2.83 bits per heavy atom. The lowest BCUT2D eigenvalue weighted by molar-refractivity contribution is -0.00914. The van der Waals surface area contributed by atoms with Crippen molar-refractivity contribution >= 4 is 17.6 Å². The second kappa shape index (κ2) is 6.33. The molecule has 3 aliphatic rings. The molecule has 2 saturated carbocycles. The molecule has 23 heavy (non-hydrogen) atoms. The number of carbonyl (C=O) groups excluding carboxylic acids is 1. The van der Waals surface area contributed by atoms with Crippen LogP contribution in [0.5, 0.6) is 0 Å². The summed E-state index contributed by atoms with van der Waals surface area (Å²) in [5.41, 5.74) is 1.21. The smallest absolute Gasteiger partial charge is 0.315 e. The molecule has 124 valence electrons. The van der Waals surface area contributed by atoms with E-state index in [1.807, 2.05) is 18.2 Å². The van der Waals surface area contributed by atoms with Crippen LogP contribution >= 0.6 is 11.6 Å². The summed E-state index contributed by atoms with van der Waals surface area (Å²) in [6.07, 6.45) is 5.79. The molecule has 5 heteroatoms. The quantitative estimate of drug-likeness (QED) is 0.886. The number of ether oxygens (including phenoxy) is 1. The van der Waals surface area contributed by atoms with E-state index in [0.29, 0.717) is 12.0 Å². The average Bonchev–Trinajstić information content (AvgIpc) is 3.42. The first kappa shape index (κ1) is 15.3. The molecule has 4 atom stereocenters. The normalized spacial score (nSPS) is 33.1. The van der Waals surface area contributed by atoms with Gasteiger partial charge in [-0.25, -0.2) is 4.79 Å². The summed E-state index contributed by atoms with van der Waals surface area (Å²) >= 11 is 6.03. The Kier molecular flexibility index (Phi) is 4.20. The standard InChI is InChI=1S/C18H23ClN2O2/c19-13-3-1-2-12(8-13)15-10-16(15)21-18(22)20-14-6-7-23-17(9-14)11-4-5-11/h1-3,8,11,14-17H,4-7,9-10H2,(H2,20,21,22)/t14-,15-,16+,17+/m1/s1. The molecule has 2 N–H and O–H groups in total. The van der Waals surface area contributed by atoms with Gasteiger partial charge >= 0.3 is 6.03 Å². The number of amides is 2. The fourth-order valence-electron chi connectivity index (χ4n) is 3.61. The largest absolute Gasteiger partial charge is 0.378 e. The monoisotopic (exact) mass is 334 g/mol. The number of nitrogens with one attached hydrogen (secondary N) is 2. The zero-order valence-electron chi connectivity index (χ0n) is 13.1. The van der Waals surface area contributed by atoms with Gasteiger partial charge < -0.3 is 15.4 Å². The maximum Gasteiger partial charge on any atom is 0.315 e. The zero-order valence-corrected chi connectivity index (χ0v) is 13.9. The SMILES string of the molecule is O=C(N[C@@H]1CCO[C@H](C2CC2)C1)N[C@H]1C[C@@H]1c1cccc(Cl)c1. The van der Waals surface area contributed by atoms with Crippen molar-refractivity contribution < 1.29 is 9.53 Å². The molecule has 0 bridgehead atoms. The molecule has 0 unspecified atom stereocenters. The molecule has 3 fully saturated rings. The Hall–Kier alpha value is -1.26. The van der Waals surface area contributed by atoms with Crippen molar-refractivity contribution in [2.75, 3.05) is 6.61 Å². The molecule has 0 radical (unpaired) electrons. The number of rotatable bonds is 4. The lowest BCUT2D eigenvalue weighted by atomic mass is 10.0. The van der Waals surface area contributed by atoms with Crippen molar-refractivity contribution in [3.05, 3.63) is 34.9 Å². The first-order valence-electron chi connectivity index (χ1n) is 8.63. The van der Waals surface area contributed by atoms with E-state index in [4.69, 9.17) is 16.3 Å². The van der Waals surface area contributed by atoms with Gasteiger partial charge in [0.25, 0.3) is 0 Å². The minimum atomic E-state index is -0.0408. The number of halogens is 1. The Morgan fingerprint density at radius 2 is 2.04 bits per heavy atom. The van der Waals surface area contributed by atoms with Gasteiger partial charge in [-0.05, 0) is 55.7 Å².